The molecule has 0 radical (unpaired) electrons. The van der Waals surface area contributed by atoms with E-state index < -0.39 is 0 Å². The molecule has 0 fully saturated rings. The fourth-order valence-electron chi connectivity index (χ4n) is 2.80. The van der Waals surface area contributed by atoms with Gasteiger partial charge in [-0.3, -0.25) is 4.79 Å². The lowest BCUT2D eigenvalue weighted by Gasteiger charge is -2.20. The molecule has 0 spiro atoms. The van der Waals surface area contributed by atoms with Crippen LogP contribution in [0.2, 0.25) is 0 Å². The van der Waals surface area contributed by atoms with Crippen LogP contribution < -0.4 is 10.6 Å². The third-order valence-electron chi connectivity index (χ3n) is 4.14. The van der Waals surface area contributed by atoms with Gasteiger partial charge in [-0.2, -0.15) is 0 Å². The summed E-state index contributed by atoms with van der Waals surface area (Å²) in [4.78, 5) is 12.5. The van der Waals surface area contributed by atoms with E-state index >= 15 is 0 Å². The van der Waals surface area contributed by atoms with Crippen LogP contribution in [0.3, 0.4) is 0 Å². The number of hydrogen-bond donors (Lipinski definition) is 2. The third kappa shape index (κ3) is 4.48. The predicted octanol–water partition coefficient (Wildman–Crippen LogP) is 4.45. The molecule has 3 nitrogen and oxygen atoms in total. The molecule has 3 rings (SSSR count). The lowest BCUT2D eigenvalue weighted by Crippen LogP contribution is -2.34. The van der Waals surface area contributed by atoms with Gasteiger partial charge in [0.1, 0.15) is 5.82 Å². The van der Waals surface area contributed by atoms with Crippen molar-refractivity contribution in [3.05, 3.63) is 101 Å². The Hall–Kier alpha value is -3.14. The summed E-state index contributed by atoms with van der Waals surface area (Å²) in [5.74, 6) is -0.567. The topological polar surface area (TPSA) is 41.1 Å². The first-order valence-electron chi connectivity index (χ1n) is 8.53. The van der Waals surface area contributed by atoms with E-state index in [9.17, 15) is 9.18 Å². The lowest BCUT2D eigenvalue weighted by molar-refractivity contribution is -0.119. The summed E-state index contributed by atoms with van der Waals surface area (Å²) in [6, 6.07) is 24.2. The first kappa shape index (κ1) is 17.7. The van der Waals surface area contributed by atoms with E-state index in [1.807, 2.05) is 67.6 Å². The molecular formula is C22H21FN2O. The number of amides is 1. The zero-order valence-electron chi connectivity index (χ0n) is 14.6. The number of nitrogens with one attached hydrogen (secondary N) is 2. The minimum Gasteiger partial charge on any atom is -0.374 e. The molecule has 0 heterocycles. The predicted molar refractivity (Wildman–Crippen MR) is 102 cm³/mol. The van der Waals surface area contributed by atoms with Gasteiger partial charge in [-0.05, 0) is 35.7 Å². The van der Waals surface area contributed by atoms with Gasteiger partial charge in [0.15, 0.2) is 0 Å². The van der Waals surface area contributed by atoms with E-state index in [0.717, 1.165) is 16.7 Å². The van der Waals surface area contributed by atoms with Gasteiger partial charge in [0, 0.05) is 0 Å². The Bertz CT molecular complexity index is 826. The number of halogens is 1. The molecule has 2 N–H and O–H groups in total. The number of anilines is 1. The zero-order valence-corrected chi connectivity index (χ0v) is 14.6. The molecule has 1 amide bonds. The van der Waals surface area contributed by atoms with Crippen LogP contribution in [0.25, 0.3) is 0 Å². The van der Waals surface area contributed by atoms with Gasteiger partial charge in [-0.25, -0.2) is 4.39 Å². The van der Waals surface area contributed by atoms with Crippen LogP contribution in [0.5, 0.6) is 0 Å². The van der Waals surface area contributed by atoms with Crippen molar-refractivity contribution in [3.8, 4) is 0 Å². The van der Waals surface area contributed by atoms with Gasteiger partial charge >= 0.3 is 0 Å². The van der Waals surface area contributed by atoms with Crippen LogP contribution >= 0.6 is 0 Å². The summed E-state index contributed by atoms with van der Waals surface area (Å²) in [6.45, 7) is 1.82. The molecule has 3 aromatic carbocycles. The average molecular weight is 348 g/mol. The SMILES string of the molecule is Cc1ccc(NCC(=O)NC(c2ccccc2)c2ccccc2)c(F)c1. The highest BCUT2D eigenvalue weighted by Crippen LogP contribution is 2.21. The maximum absolute atomic E-state index is 13.9. The zero-order chi connectivity index (χ0) is 18.4. The molecule has 3 aromatic rings. The van der Waals surface area contributed by atoms with E-state index in [2.05, 4.69) is 10.6 Å². The van der Waals surface area contributed by atoms with Gasteiger partial charge in [0.2, 0.25) is 5.91 Å². The normalized spacial score (nSPS) is 10.6. The Morgan fingerprint density at radius 2 is 1.50 bits per heavy atom. The number of rotatable bonds is 6. The summed E-state index contributed by atoms with van der Waals surface area (Å²) in [5, 5.41) is 5.89. The average Bonchev–Trinajstić information content (AvgIpc) is 2.67. The molecule has 4 heteroatoms. The van der Waals surface area contributed by atoms with Crippen LogP contribution in [0.4, 0.5) is 10.1 Å². The summed E-state index contributed by atoms with van der Waals surface area (Å²) in [5.41, 5.74) is 3.15. The molecule has 0 saturated heterocycles. The Balaban J connectivity index is 1.71. The maximum atomic E-state index is 13.9. The second-order valence-electron chi connectivity index (χ2n) is 6.16. The van der Waals surface area contributed by atoms with Gasteiger partial charge in [0.05, 0.1) is 18.3 Å². The summed E-state index contributed by atoms with van der Waals surface area (Å²) in [6.07, 6.45) is 0. The molecule has 0 atom stereocenters. The van der Waals surface area contributed by atoms with Crippen LogP contribution in [-0.4, -0.2) is 12.5 Å². The number of carbonyl (C=O) groups excluding carboxylic acids is 1. The van der Waals surface area contributed by atoms with Gasteiger partial charge in [-0.15, -0.1) is 0 Å². The standard InChI is InChI=1S/C22H21FN2O/c1-16-12-13-20(19(23)14-16)24-15-21(26)25-22(17-8-4-2-5-9-17)18-10-6-3-7-11-18/h2-14,22,24H,15H2,1H3,(H,25,26). The highest BCUT2D eigenvalue weighted by molar-refractivity contribution is 5.81. The van der Waals surface area contributed by atoms with E-state index in [4.69, 9.17) is 0 Å². The highest BCUT2D eigenvalue weighted by Gasteiger charge is 2.16. The van der Waals surface area contributed by atoms with Crippen molar-refractivity contribution in [1.82, 2.24) is 5.32 Å². The molecule has 0 saturated carbocycles. The Morgan fingerprint density at radius 1 is 0.923 bits per heavy atom. The molecule has 0 aromatic heterocycles. The second-order valence-corrected chi connectivity index (χ2v) is 6.16. The van der Waals surface area contributed by atoms with E-state index in [1.54, 1.807) is 12.1 Å². The Kier molecular flexibility index (Phi) is 5.64. The Morgan fingerprint density at radius 3 is 2.04 bits per heavy atom. The van der Waals surface area contributed by atoms with Crippen LogP contribution in [0.1, 0.15) is 22.7 Å². The molecule has 0 unspecified atom stereocenters. The maximum Gasteiger partial charge on any atom is 0.240 e. The molecule has 132 valence electrons. The van der Waals surface area contributed by atoms with Crippen molar-refractivity contribution in [1.29, 1.82) is 0 Å². The number of aryl methyl sites for hydroxylation is 1. The van der Waals surface area contributed by atoms with E-state index in [1.165, 1.54) is 6.07 Å². The molecular weight excluding hydrogens is 327 g/mol. The number of hydrogen-bond acceptors (Lipinski definition) is 2. The first-order chi connectivity index (χ1) is 12.6. The summed E-state index contributed by atoms with van der Waals surface area (Å²) < 4.78 is 13.9. The van der Waals surface area contributed by atoms with Gasteiger partial charge < -0.3 is 10.6 Å². The van der Waals surface area contributed by atoms with Crippen molar-refractivity contribution in [2.45, 2.75) is 13.0 Å². The van der Waals surface area contributed by atoms with Crippen molar-refractivity contribution in [2.75, 3.05) is 11.9 Å². The number of benzene rings is 3. The fourth-order valence-corrected chi connectivity index (χ4v) is 2.80. The molecule has 0 bridgehead atoms. The lowest BCUT2D eigenvalue weighted by atomic mass is 9.99. The van der Waals surface area contributed by atoms with E-state index in [-0.39, 0.29) is 24.3 Å². The molecule has 0 aliphatic carbocycles. The monoisotopic (exact) mass is 348 g/mol. The van der Waals surface area contributed by atoms with Gasteiger partial charge in [0.25, 0.3) is 0 Å². The van der Waals surface area contributed by atoms with Crippen molar-refractivity contribution in [3.63, 3.8) is 0 Å². The van der Waals surface area contributed by atoms with Crippen molar-refractivity contribution >= 4 is 11.6 Å². The van der Waals surface area contributed by atoms with Crippen molar-refractivity contribution in [2.24, 2.45) is 0 Å². The number of carbonyl (C=O) groups is 1. The smallest absolute Gasteiger partial charge is 0.240 e. The van der Waals surface area contributed by atoms with Crippen LogP contribution in [0.15, 0.2) is 78.9 Å². The van der Waals surface area contributed by atoms with Crippen LogP contribution in [0, 0.1) is 12.7 Å². The third-order valence-corrected chi connectivity index (χ3v) is 4.14. The van der Waals surface area contributed by atoms with Crippen molar-refractivity contribution < 1.29 is 9.18 Å². The minimum atomic E-state index is -0.361. The minimum absolute atomic E-state index is 0.00382. The first-order valence-corrected chi connectivity index (χ1v) is 8.53. The Labute approximate surface area is 152 Å². The molecule has 26 heavy (non-hydrogen) atoms. The summed E-state index contributed by atoms with van der Waals surface area (Å²) in [7, 11) is 0. The quantitative estimate of drug-likeness (QED) is 0.691. The fraction of sp³-hybridized carbons (Fsp3) is 0.136. The largest absolute Gasteiger partial charge is 0.374 e. The van der Waals surface area contributed by atoms with Gasteiger partial charge in [-0.1, -0.05) is 66.7 Å². The van der Waals surface area contributed by atoms with Crippen LogP contribution in [-0.2, 0) is 4.79 Å². The molecule has 0 aliphatic rings. The van der Waals surface area contributed by atoms with E-state index in [0.29, 0.717) is 5.69 Å². The second kappa shape index (κ2) is 8.30. The summed E-state index contributed by atoms with van der Waals surface area (Å²) >= 11 is 0. The highest BCUT2D eigenvalue weighted by atomic mass is 19.1. The molecule has 0 aliphatic heterocycles.